The Morgan fingerprint density at radius 2 is 1.53 bits per heavy atom. The van der Waals surface area contributed by atoms with Gasteiger partial charge in [-0.3, -0.25) is 0 Å². The Balaban J connectivity index is 1.36. The second-order valence-corrected chi connectivity index (χ2v) is 9.09. The van der Waals surface area contributed by atoms with Gasteiger partial charge in [-0.1, -0.05) is 64.5 Å². The molecule has 0 aliphatic heterocycles. The molecule has 1 aliphatic carbocycles. The molecule has 0 saturated carbocycles. The molecule has 3 N–H and O–H groups in total. The van der Waals surface area contributed by atoms with E-state index in [4.69, 9.17) is 4.74 Å². The quantitative estimate of drug-likeness (QED) is 0.449. The summed E-state index contributed by atoms with van der Waals surface area (Å²) in [4.78, 5) is 12.3. The van der Waals surface area contributed by atoms with Crippen LogP contribution in [0.15, 0.2) is 65.1 Å². The lowest BCUT2D eigenvalue weighted by molar-refractivity contribution is 0.0178. The Morgan fingerprint density at radius 3 is 2.09 bits per heavy atom. The van der Waals surface area contributed by atoms with Crippen molar-refractivity contribution in [3.8, 4) is 11.1 Å². The maximum Gasteiger partial charge on any atom is 0.407 e. The maximum absolute atomic E-state index is 12.3. The average Bonchev–Trinajstić information content (AvgIpc) is 3.09. The molecule has 3 aromatic carbocycles. The lowest BCUT2D eigenvalue weighted by Gasteiger charge is -2.22. The van der Waals surface area contributed by atoms with E-state index in [2.05, 4.69) is 45.5 Å². The van der Waals surface area contributed by atoms with Gasteiger partial charge in [-0.2, -0.15) is 0 Å². The molecular formula is C26H26BrNO4. The third-order valence-corrected chi connectivity index (χ3v) is 6.48. The zero-order chi connectivity index (χ0) is 22.8. The summed E-state index contributed by atoms with van der Waals surface area (Å²) in [5.74, 6) is -0.0308. The molecule has 6 heteroatoms. The number of halogens is 1. The van der Waals surface area contributed by atoms with E-state index in [1.165, 1.54) is 0 Å². The summed E-state index contributed by atoms with van der Waals surface area (Å²) in [5, 5.41) is 23.6. The molecule has 3 aromatic rings. The number of carbonyl (C=O) groups excluding carboxylic acids is 1. The van der Waals surface area contributed by atoms with Crippen LogP contribution in [-0.2, 0) is 4.74 Å². The lowest BCUT2D eigenvalue weighted by atomic mass is 9.95. The van der Waals surface area contributed by atoms with Gasteiger partial charge in [0, 0.05) is 16.9 Å². The summed E-state index contributed by atoms with van der Waals surface area (Å²) >= 11 is 3.43. The topological polar surface area (TPSA) is 78.8 Å². The van der Waals surface area contributed by atoms with E-state index in [1.807, 2.05) is 50.2 Å². The highest BCUT2D eigenvalue weighted by Gasteiger charge is 2.29. The van der Waals surface area contributed by atoms with Crippen LogP contribution in [0.2, 0.25) is 0 Å². The number of rotatable bonds is 6. The maximum atomic E-state index is 12.3. The fourth-order valence-corrected chi connectivity index (χ4v) is 5.22. The van der Waals surface area contributed by atoms with Crippen molar-refractivity contribution in [2.24, 2.45) is 0 Å². The number of benzene rings is 3. The van der Waals surface area contributed by atoms with E-state index in [-0.39, 0.29) is 19.1 Å². The van der Waals surface area contributed by atoms with Gasteiger partial charge in [0.05, 0.1) is 0 Å². The third kappa shape index (κ3) is 4.44. The first-order valence-corrected chi connectivity index (χ1v) is 11.4. The van der Waals surface area contributed by atoms with Crippen LogP contribution in [0.4, 0.5) is 4.79 Å². The molecule has 0 bridgehead atoms. The number of carbonyl (C=O) groups is 1. The molecule has 2 unspecified atom stereocenters. The Morgan fingerprint density at radius 1 is 1.00 bits per heavy atom. The molecule has 0 radical (unpaired) electrons. The summed E-state index contributed by atoms with van der Waals surface area (Å²) in [6, 6.07) is 20.0. The van der Waals surface area contributed by atoms with Gasteiger partial charge >= 0.3 is 6.09 Å². The van der Waals surface area contributed by atoms with Crippen LogP contribution < -0.4 is 5.32 Å². The average molecular weight is 496 g/mol. The Kier molecular flexibility index (Phi) is 6.65. The van der Waals surface area contributed by atoms with Crippen LogP contribution in [0.1, 0.15) is 39.8 Å². The highest BCUT2D eigenvalue weighted by atomic mass is 79.9. The highest BCUT2D eigenvalue weighted by Crippen LogP contribution is 2.44. The van der Waals surface area contributed by atoms with Crippen LogP contribution >= 0.6 is 15.9 Å². The minimum absolute atomic E-state index is 0.0308. The number of nitrogens with one attached hydrogen (secondary N) is 1. The molecule has 0 fully saturated rings. The summed E-state index contributed by atoms with van der Waals surface area (Å²) in [6.07, 6.45) is -2.89. The Hall–Kier alpha value is -2.67. The molecule has 0 heterocycles. The Labute approximate surface area is 196 Å². The van der Waals surface area contributed by atoms with E-state index in [1.54, 1.807) is 0 Å². The number of amides is 1. The molecule has 32 heavy (non-hydrogen) atoms. The van der Waals surface area contributed by atoms with E-state index in [0.29, 0.717) is 5.56 Å². The van der Waals surface area contributed by atoms with Gasteiger partial charge in [0.15, 0.2) is 0 Å². The van der Waals surface area contributed by atoms with Crippen molar-refractivity contribution in [1.82, 2.24) is 5.32 Å². The second-order valence-electron chi connectivity index (χ2n) is 8.17. The van der Waals surface area contributed by atoms with E-state index >= 15 is 0 Å². The number of ether oxygens (including phenoxy) is 1. The van der Waals surface area contributed by atoms with Crippen LogP contribution in [0.3, 0.4) is 0 Å². The summed E-state index contributed by atoms with van der Waals surface area (Å²) < 4.78 is 6.40. The summed E-state index contributed by atoms with van der Waals surface area (Å²) in [6.45, 7) is 3.83. The molecule has 4 rings (SSSR count). The van der Waals surface area contributed by atoms with Gasteiger partial charge in [0.1, 0.15) is 18.8 Å². The number of alkyl carbamates (subject to hydrolysis) is 1. The lowest BCUT2D eigenvalue weighted by Crippen LogP contribution is -2.36. The first-order valence-electron chi connectivity index (χ1n) is 10.6. The number of aliphatic hydroxyl groups excluding tert-OH is 2. The molecule has 1 amide bonds. The van der Waals surface area contributed by atoms with Gasteiger partial charge in [0.2, 0.25) is 0 Å². The number of aliphatic hydroxyl groups is 2. The largest absolute Gasteiger partial charge is 0.449 e. The van der Waals surface area contributed by atoms with Crippen LogP contribution in [0.25, 0.3) is 11.1 Å². The van der Waals surface area contributed by atoms with Crippen LogP contribution in [0, 0.1) is 13.8 Å². The first-order chi connectivity index (χ1) is 15.4. The van der Waals surface area contributed by atoms with Gasteiger partial charge in [-0.25, -0.2) is 4.79 Å². The minimum atomic E-state index is -1.16. The molecule has 0 saturated heterocycles. The third-order valence-electron chi connectivity index (χ3n) is 6.02. The van der Waals surface area contributed by atoms with E-state index in [0.717, 1.165) is 37.9 Å². The highest BCUT2D eigenvalue weighted by molar-refractivity contribution is 9.10. The standard InChI is InChI=1S/C26H26BrNO4/c1-15-11-17(27)12-16(2)24(15)25(30)23(29)13-28-26(31)32-14-22-20-9-5-3-7-18(20)19-8-4-6-10-21(19)22/h3-12,22-23,25,29-30H,13-14H2,1-2H3,(H,28,31). The predicted molar refractivity (Wildman–Crippen MR) is 128 cm³/mol. The van der Waals surface area contributed by atoms with E-state index in [9.17, 15) is 15.0 Å². The number of fused-ring (bicyclic) bond motifs is 3. The summed E-state index contributed by atoms with van der Waals surface area (Å²) in [7, 11) is 0. The van der Waals surface area contributed by atoms with Gasteiger partial charge < -0.3 is 20.3 Å². The normalized spacial score (nSPS) is 14.4. The zero-order valence-corrected chi connectivity index (χ0v) is 19.6. The molecule has 1 aliphatic rings. The van der Waals surface area contributed by atoms with Crippen LogP contribution in [0.5, 0.6) is 0 Å². The van der Waals surface area contributed by atoms with E-state index < -0.39 is 18.3 Å². The Bertz CT molecular complexity index is 1080. The smallest absolute Gasteiger partial charge is 0.407 e. The predicted octanol–water partition coefficient (Wildman–Crippen LogP) is 5.00. The van der Waals surface area contributed by atoms with Crippen molar-refractivity contribution >= 4 is 22.0 Å². The molecule has 5 nitrogen and oxygen atoms in total. The SMILES string of the molecule is Cc1cc(Br)cc(C)c1C(O)C(O)CNC(=O)OCC1c2ccccc2-c2ccccc21. The summed E-state index contributed by atoms with van der Waals surface area (Å²) in [5.41, 5.74) is 6.99. The second kappa shape index (κ2) is 9.45. The van der Waals surface area contributed by atoms with Crippen LogP contribution in [-0.4, -0.2) is 35.6 Å². The van der Waals surface area contributed by atoms with Crippen molar-refractivity contribution in [2.45, 2.75) is 32.0 Å². The molecule has 2 atom stereocenters. The molecule has 166 valence electrons. The van der Waals surface area contributed by atoms with Crippen molar-refractivity contribution < 1.29 is 19.7 Å². The van der Waals surface area contributed by atoms with Crippen molar-refractivity contribution in [3.63, 3.8) is 0 Å². The molecule has 0 aromatic heterocycles. The van der Waals surface area contributed by atoms with Gasteiger partial charge in [0.25, 0.3) is 0 Å². The number of hydrogen-bond acceptors (Lipinski definition) is 4. The zero-order valence-electron chi connectivity index (χ0n) is 18.0. The van der Waals surface area contributed by atoms with Crippen molar-refractivity contribution in [1.29, 1.82) is 0 Å². The first kappa shape index (κ1) is 22.5. The van der Waals surface area contributed by atoms with Gasteiger partial charge in [-0.15, -0.1) is 0 Å². The van der Waals surface area contributed by atoms with Gasteiger partial charge in [-0.05, 0) is 64.9 Å². The fraction of sp³-hybridized carbons (Fsp3) is 0.269. The van der Waals surface area contributed by atoms with Crippen molar-refractivity contribution in [2.75, 3.05) is 13.2 Å². The fourth-order valence-electron chi connectivity index (χ4n) is 4.53. The minimum Gasteiger partial charge on any atom is -0.449 e. The number of aryl methyl sites for hydroxylation is 2. The molecular weight excluding hydrogens is 470 g/mol. The van der Waals surface area contributed by atoms with Crippen molar-refractivity contribution in [3.05, 3.63) is 93.0 Å². The monoisotopic (exact) mass is 495 g/mol. The molecule has 0 spiro atoms. The number of hydrogen-bond donors (Lipinski definition) is 3.